The van der Waals surface area contributed by atoms with Gasteiger partial charge in [0.05, 0.1) is 5.69 Å². The number of hydrogen-bond donors (Lipinski definition) is 1. The van der Waals surface area contributed by atoms with Crippen molar-refractivity contribution in [3.8, 4) is 5.75 Å². The van der Waals surface area contributed by atoms with Crippen LogP contribution >= 0.6 is 0 Å². The van der Waals surface area contributed by atoms with Crippen LogP contribution in [0.4, 0.5) is 11.4 Å². The van der Waals surface area contributed by atoms with Crippen molar-refractivity contribution < 1.29 is 4.74 Å². The molecule has 0 fully saturated rings. The SMILES string of the molecule is CN1CCC(C)(C)Oc2ccc(N)cc21. The number of nitrogens with two attached hydrogens (primary N) is 1. The second-order valence-corrected chi connectivity index (χ2v) is 4.76. The van der Waals surface area contributed by atoms with E-state index in [0.717, 1.165) is 30.1 Å². The van der Waals surface area contributed by atoms with Crippen molar-refractivity contribution in [2.24, 2.45) is 0 Å². The van der Waals surface area contributed by atoms with Crippen molar-refractivity contribution in [1.29, 1.82) is 0 Å². The van der Waals surface area contributed by atoms with E-state index in [1.165, 1.54) is 0 Å². The van der Waals surface area contributed by atoms with Crippen molar-refractivity contribution in [3.63, 3.8) is 0 Å². The molecule has 0 saturated heterocycles. The highest BCUT2D eigenvalue weighted by Crippen LogP contribution is 2.36. The van der Waals surface area contributed by atoms with Crippen LogP contribution in [0.2, 0.25) is 0 Å². The third-order valence-electron chi connectivity index (χ3n) is 2.83. The number of ether oxygens (including phenoxy) is 1. The van der Waals surface area contributed by atoms with Gasteiger partial charge in [-0.3, -0.25) is 0 Å². The molecule has 3 heteroatoms. The van der Waals surface area contributed by atoms with Gasteiger partial charge in [0.2, 0.25) is 0 Å². The van der Waals surface area contributed by atoms with Gasteiger partial charge in [0, 0.05) is 25.7 Å². The van der Waals surface area contributed by atoms with Crippen LogP contribution in [0, 0.1) is 0 Å². The number of benzene rings is 1. The molecule has 2 rings (SSSR count). The second kappa shape index (κ2) is 3.33. The van der Waals surface area contributed by atoms with E-state index in [9.17, 15) is 0 Å². The minimum absolute atomic E-state index is 0.102. The van der Waals surface area contributed by atoms with Gasteiger partial charge in [-0.05, 0) is 32.0 Å². The van der Waals surface area contributed by atoms with Crippen LogP contribution in [-0.2, 0) is 0 Å². The second-order valence-electron chi connectivity index (χ2n) is 4.76. The molecule has 15 heavy (non-hydrogen) atoms. The number of nitrogens with zero attached hydrogens (tertiary/aromatic N) is 1. The summed E-state index contributed by atoms with van der Waals surface area (Å²) in [6, 6.07) is 5.80. The number of nitrogen functional groups attached to an aromatic ring is 1. The lowest BCUT2D eigenvalue weighted by molar-refractivity contribution is 0.108. The zero-order valence-corrected chi connectivity index (χ0v) is 9.58. The molecule has 2 N–H and O–H groups in total. The van der Waals surface area contributed by atoms with E-state index in [0.29, 0.717) is 0 Å². The molecular weight excluding hydrogens is 188 g/mol. The molecule has 0 aliphatic carbocycles. The molecule has 1 aromatic rings. The van der Waals surface area contributed by atoms with E-state index in [1.54, 1.807) is 0 Å². The highest BCUT2D eigenvalue weighted by Gasteiger charge is 2.26. The molecule has 1 aliphatic heterocycles. The zero-order valence-electron chi connectivity index (χ0n) is 9.58. The largest absolute Gasteiger partial charge is 0.486 e. The van der Waals surface area contributed by atoms with Gasteiger partial charge in [-0.15, -0.1) is 0 Å². The number of rotatable bonds is 0. The maximum atomic E-state index is 5.97. The summed E-state index contributed by atoms with van der Waals surface area (Å²) in [5, 5.41) is 0. The van der Waals surface area contributed by atoms with E-state index < -0.39 is 0 Å². The van der Waals surface area contributed by atoms with E-state index >= 15 is 0 Å². The molecule has 1 aliphatic rings. The Morgan fingerprint density at radius 3 is 2.87 bits per heavy atom. The van der Waals surface area contributed by atoms with Crippen LogP contribution in [0.5, 0.6) is 5.75 Å². The Morgan fingerprint density at radius 2 is 2.13 bits per heavy atom. The summed E-state index contributed by atoms with van der Waals surface area (Å²) in [5.74, 6) is 0.925. The van der Waals surface area contributed by atoms with Crippen molar-refractivity contribution in [3.05, 3.63) is 18.2 Å². The average molecular weight is 206 g/mol. The van der Waals surface area contributed by atoms with Gasteiger partial charge in [0.15, 0.2) is 0 Å². The van der Waals surface area contributed by atoms with Crippen LogP contribution in [0.15, 0.2) is 18.2 Å². The Kier molecular flexibility index (Phi) is 2.25. The van der Waals surface area contributed by atoms with Crippen LogP contribution in [0.25, 0.3) is 0 Å². The summed E-state index contributed by atoms with van der Waals surface area (Å²) >= 11 is 0. The Hall–Kier alpha value is -1.38. The molecule has 1 heterocycles. The molecular formula is C12H18N2O. The smallest absolute Gasteiger partial charge is 0.143 e. The lowest BCUT2D eigenvalue weighted by Crippen LogP contribution is -2.29. The molecule has 0 spiro atoms. The molecule has 0 saturated carbocycles. The van der Waals surface area contributed by atoms with Gasteiger partial charge in [0.1, 0.15) is 11.4 Å². The Bertz CT molecular complexity index is 374. The van der Waals surface area contributed by atoms with Gasteiger partial charge in [-0.2, -0.15) is 0 Å². The predicted octanol–water partition coefficient (Wildman–Crippen LogP) is 2.27. The Labute approximate surface area is 90.8 Å². The van der Waals surface area contributed by atoms with E-state index in [2.05, 4.69) is 25.8 Å². The first kappa shape index (κ1) is 10.1. The molecule has 0 amide bonds. The highest BCUT2D eigenvalue weighted by molar-refractivity contribution is 5.65. The fourth-order valence-corrected chi connectivity index (χ4v) is 1.83. The summed E-state index contributed by atoms with van der Waals surface area (Å²) in [4.78, 5) is 2.19. The third kappa shape index (κ3) is 2.01. The van der Waals surface area contributed by atoms with E-state index in [-0.39, 0.29) is 5.60 Å². The van der Waals surface area contributed by atoms with Crippen molar-refractivity contribution in [2.75, 3.05) is 24.2 Å². The van der Waals surface area contributed by atoms with Crippen molar-refractivity contribution >= 4 is 11.4 Å². The maximum Gasteiger partial charge on any atom is 0.143 e. The summed E-state index contributed by atoms with van der Waals surface area (Å²) in [7, 11) is 2.07. The molecule has 1 aromatic carbocycles. The summed E-state index contributed by atoms with van der Waals surface area (Å²) in [6.45, 7) is 5.22. The van der Waals surface area contributed by atoms with Crippen LogP contribution in [0.3, 0.4) is 0 Å². The minimum Gasteiger partial charge on any atom is -0.486 e. The van der Waals surface area contributed by atoms with Gasteiger partial charge in [-0.25, -0.2) is 0 Å². The lowest BCUT2D eigenvalue weighted by Gasteiger charge is -2.23. The predicted molar refractivity (Wildman–Crippen MR) is 63.4 cm³/mol. The normalized spacial score (nSPS) is 19.0. The van der Waals surface area contributed by atoms with Crippen molar-refractivity contribution in [1.82, 2.24) is 0 Å². The third-order valence-corrected chi connectivity index (χ3v) is 2.83. The summed E-state index contributed by atoms with van der Waals surface area (Å²) in [6.07, 6.45) is 1.01. The number of fused-ring (bicyclic) bond motifs is 1. The first-order valence-corrected chi connectivity index (χ1v) is 5.28. The Morgan fingerprint density at radius 1 is 1.40 bits per heavy atom. The molecule has 0 unspecified atom stereocenters. The molecule has 0 bridgehead atoms. The molecule has 82 valence electrons. The van der Waals surface area contributed by atoms with Gasteiger partial charge >= 0.3 is 0 Å². The number of anilines is 2. The van der Waals surface area contributed by atoms with Gasteiger partial charge in [0.25, 0.3) is 0 Å². The van der Waals surface area contributed by atoms with Gasteiger partial charge < -0.3 is 15.4 Å². The first-order valence-electron chi connectivity index (χ1n) is 5.28. The van der Waals surface area contributed by atoms with Crippen LogP contribution in [0.1, 0.15) is 20.3 Å². The van der Waals surface area contributed by atoms with Crippen LogP contribution in [-0.4, -0.2) is 19.2 Å². The topological polar surface area (TPSA) is 38.5 Å². The minimum atomic E-state index is -0.102. The van der Waals surface area contributed by atoms with E-state index in [4.69, 9.17) is 10.5 Å². The Balaban J connectivity index is 2.44. The fourth-order valence-electron chi connectivity index (χ4n) is 1.83. The number of hydrogen-bond acceptors (Lipinski definition) is 3. The fraction of sp³-hybridized carbons (Fsp3) is 0.500. The monoisotopic (exact) mass is 206 g/mol. The maximum absolute atomic E-state index is 5.97. The summed E-state index contributed by atoms with van der Waals surface area (Å²) in [5.41, 5.74) is 7.54. The molecule has 0 radical (unpaired) electrons. The molecule has 0 aromatic heterocycles. The molecule has 0 atom stereocenters. The quantitative estimate of drug-likeness (QED) is 0.662. The van der Waals surface area contributed by atoms with Gasteiger partial charge in [-0.1, -0.05) is 0 Å². The highest BCUT2D eigenvalue weighted by atomic mass is 16.5. The zero-order chi connectivity index (χ0) is 11.1. The van der Waals surface area contributed by atoms with E-state index in [1.807, 2.05) is 18.2 Å². The first-order chi connectivity index (χ1) is 6.98. The van der Waals surface area contributed by atoms with Crippen LogP contribution < -0.4 is 15.4 Å². The standard InChI is InChI=1S/C12H18N2O/c1-12(2)6-7-14(3)10-8-9(13)4-5-11(10)15-12/h4-5,8H,6-7,13H2,1-3H3. The average Bonchev–Trinajstić information content (AvgIpc) is 2.26. The lowest BCUT2D eigenvalue weighted by atomic mass is 10.1. The van der Waals surface area contributed by atoms with Crippen molar-refractivity contribution in [2.45, 2.75) is 25.9 Å². The molecule has 3 nitrogen and oxygen atoms in total. The summed E-state index contributed by atoms with van der Waals surface area (Å²) < 4.78 is 5.97.